The van der Waals surface area contributed by atoms with E-state index in [4.69, 9.17) is 20.9 Å². The molecule has 0 spiro atoms. The normalized spacial score (nSPS) is 16.5. The maximum atomic E-state index is 6.17. The third kappa shape index (κ3) is 7.29. The SMILES string of the molecule is CN(C)c1ccc(N=CN/N=C(N)/C(=C/C=C\N)CNCC2=CC=C3OCOC3=CC2)cc1. The second kappa shape index (κ2) is 12.2. The van der Waals surface area contributed by atoms with Crippen molar-refractivity contribution in [3.8, 4) is 0 Å². The van der Waals surface area contributed by atoms with E-state index in [9.17, 15) is 0 Å². The molecule has 2 aliphatic rings. The van der Waals surface area contributed by atoms with Crippen LogP contribution in [-0.2, 0) is 9.47 Å². The molecular weight excluding hydrogens is 418 g/mol. The molecule has 1 fully saturated rings. The van der Waals surface area contributed by atoms with E-state index in [1.165, 1.54) is 18.1 Å². The number of hydrazone groups is 1. The van der Waals surface area contributed by atoms with E-state index in [-0.39, 0.29) is 6.79 Å². The Morgan fingerprint density at radius 3 is 2.70 bits per heavy atom. The maximum Gasteiger partial charge on any atom is 0.231 e. The van der Waals surface area contributed by atoms with Gasteiger partial charge in [0, 0.05) is 38.4 Å². The molecule has 1 aliphatic carbocycles. The predicted octanol–water partition coefficient (Wildman–Crippen LogP) is 2.36. The molecule has 1 heterocycles. The number of nitrogens with one attached hydrogen (secondary N) is 2. The molecule has 1 aromatic rings. The summed E-state index contributed by atoms with van der Waals surface area (Å²) in [6.07, 6.45) is 13.3. The number of benzene rings is 1. The first-order valence-electron chi connectivity index (χ1n) is 10.6. The average molecular weight is 450 g/mol. The van der Waals surface area contributed by atoms with Gasteiger partial charge in [0.25, 0.3) is 0 Å². The van der Waals surface area contributed by atoms with Crippen molar-refractivity contribution >= 4 is 23.5 Å². The smallest absolute Gasteiger partial charge is 0.231 e. The molecule has 1 aliphatic heterocycles. The molecule has 6 N–H and O–H groups in total. The zero-order valence-corrected chi connectivity index (χ0v) is 19.0. The lowest BCUT2D eigenvalue weighted by Gasteiger charge is -2.11. The fourth-order valence-corrected chi connectivity index (χ4v) is 3.08. The standard InChI is InChI=1S/C24H31N7O2/c1-31(2)21-9-7-20(8-10-21)28-16-29-30-24(26)19(4-3-13-25)15-27-14-18-5-11-22-23(12-6-18)33-17-32-22/h3-5,7-13,16,27H,6,14-15,17,25H2,1-2H3,(H2,26,30)(H,28,29)/b13-3-,19-4+. The van der Waals surface area contributed by atoms with Gasteiger partial charge < -0.3 is 31.2 Å². The molecular formula is C24H31N7O2. The van der Waals surface area contributed by atoms with Gasteiger partial charge in [-0.3, -0.25) is 5.43 Å². The molecule has 9 nitrogen and oxygen atoms in total. The van der Waals surface area contributed by atoms with Crippen LogP contribution < -0.4 is 27.1 Å². The van der Waals surface area contributed by atoms with Crippen LogP contribution in [0, 0.1) is 0 Å². The Balaban J connectivity index is 1.52. The highest BCUT2D eigenvalue weighted by Crippen LogP contribution is 2.25. The van der Waals surface area contributed by atoms with Gasteiger partial charge in [-0.15, -0.1) is 0 Å². The van der Waals surface area contributed by atoms with E-state index < -0.39 is 0 Å². The fraction of sp³-hybridized carbons (Fsp3) is 0.250. The van der Waals surface area contributed by atoms with Crippen molar-refractivity contribution < 1.29 is 9.47 Å². The number of hydrogen-bond donors (Lipinski definition) is 4. The molecule has 0 unspecified atom stereocenters. The highest BCUT2D eigenvalue weighted by Gasteiger charge is 2.17. The third-order valence-corrected chi connectivity index (χ3v) is 4.92. The van der Waals surface area contributed by atoms with Crippen LogP contribution in [0.25, 0.3) is 0 Å². The molecule has 33 heavy (non-hydrogen) atoms. The molecule has 0 bridgehead atoms. The summed E-state index contributed by atoms with van der Waals surface area (Å²) in [6, 6.07) is 7.86. The minimum absolute atomic E-state index is 0.280. The summed E-state index contributed by atoms with van der Waals surface area (Å²) in [6.45, 7) is 1.48. The number of nitrogens with two attached hydrogens (primary N) is 2. The van der Waals surface area contributed by atoms with Gasteiger partial charge in [0.1, 0.15) is 12.2 Å². The summed E-state index contributed by atoms with van der Waals surface area (Å²) >= 11 is 0. The van der Waals surface area contributed by atoms with Crippen LogP contribution in [-0.4, -0.2) is 46.2 Å². The number of fused-ring (bicyclic) bond motifs is 1. The molecule has 9 heteroatoms. The van der Waals surface area contributed by atoms with Crippen molar-refractivity contribution in [3.63, 3.8) is 0 Å². The van der Waals surface area contributed by atoms with Crippen molar-refractivity contribution in [3.05, 3.63) is 83.5 Å². The Labute approximate surface area is 194 Å². The van der Waals surface area contributed by atoms with Crippen LogP contribution in [0.2, 0.25) is 0 Å². The van der Waals surface area contributed by atoms with Crippen molar-refractivity contribution in [2.24, 2.45) is 21.6 Å². The number of rotatable bonds is 10. The molecule has 0 atom stereocenters. The van der Waals surface area contributed by atoms with Gasteiger partial charge in [0.15, 0.2) is 11.5 Å². The van der Waals surface area contributed by atoms with Gasteiger partial charge >= 0.3 is 0 Å². The van der Waals surface area contributed by atoms with Crippen molar-refractivity contribution in [2.45, 2.75) is 6.42 Å². The van der Waals surface area contributed by atoms with E-state index in [1.54, 1.807) is 6.08 Å². The lowest BCUT2D eigenvalue weighted by molar-refractivity contribution is 0.0974. The Morgan fingerprint density at radius 2 is 1.94 bits per heavy atom. The zero-order chi connectivity index (χ0) is 23.5. The topological polar surface area (TPSA) is 123 Å². The fourth-order valence-electron chi connectivity index (χ4n) is 3.08. The monoisotopic (exact) mass is 449 g/mol. The summed E-state index contributed by atoms with van der Waals surface area (Å²) in [7, 11) is 3.99. The van der Waals surface area contributed by atoms with Crippen molar-refractivity contribution in [1.82, 2.24) is 10.7 Å². The first kappa shape index (κ1) is 23.7. The quantitative estimate of drug-likeness (QED) is 0.187. The van der Waals surface area contributed by atoms with Gasteiger partial charge in [-0.25, -0.2) is 4.99 Å². The molecule has 0 amide bonds. The number of amidine groups is 1. The number of ether oxygens (including phenoxy) is 2. The highest BCUT2D eigenvalue weighted by molar-refractivity contribution is 5.97. The lowest BCUT2D eigenvalue weighted by Crippen LogP contribution is -2.28. The number of nitrogens with zero attached hydrogens (tertiary/aromatic N) is 3. The lowest BCUT2D eigenvalue weighted by atomic mass is 10.1. The first-order chi connectivity index (χ1) is 16.1. The predicted molar refractivity (Wildman–Crippen MR) is 134 cm³/mol. The second-order valence-corrected chi connectivity index (χ2v) is 7.51. The second-order valence-electron chi connectivity index (χ2n) is 7.51. The minimum atomic E-state index is 0.280. The molecule has 1 aromatic carbocycles. The molecule has 0 saturated carbocycles. The van der Waals surface area contributed by atoms with Crippen LogP contribution in [0.1, 0.15) is 6.42 Å². The molecule has 1 saturated heterocycles. The average Bonchev–Trinajstić information content (AvgIpc) is 3.19. The van der Waals surface area contributed by atoms with Crippen molar-refractivity contribution in [1.29, 1.82) is 0 Å². The van der Waals surface area contributed by atoms with Crippen LogP contribution in [0.3, 0.4) is 0 Å². The number of anilines is 1. The summed E-state index contributed by atoms with van der Waals surface area (Å²) < 4.78 is 10.8. The van der Waals surface area contributed by atoms with Gasteiger partial charge in [-0.1, -0.05) is 17.7 Å². The molecule has 3 rings (SSSR count). The van der Waals surface area contributed by atoms with Crippen molar-refractivity contribution in [2.75, 3.05) is 38.9 Å². The van der Waals surface area contributed by atoms with Crippen LogP contribution in [0.5, 0.6) is 0 Å². The van der Waals surface area contributed by atoms with Gasteiger partial charge in [0.2, 0.25) is 6.79 Å². The van der Waals surface area contributed by atoms with E-state index in [0.717, 1.165) is 34.9 Å². The first-order valence-corrected chi connectivity index (χ1v) is 10.6. The van der Waals surface area contributed by atoms with E-state index in [1.807, 2.05) is 67.6 Å². The van der Waals surface area contributed by atoms with Crippen LogP contribution in [0.4, 0.5) is 11.4 Å². The minimum Gasteiger partial charge on any atom is -0.454 e. The Morgan fingerprint density at radius 1 is 1.15 bits per heavy atom. The number of hydrogen-bond acceptors (Lipinski definition) is 7. The Hall–Kier alpha value is -3.98. The molecule has 0 aromatic heterocycles. The maximum absolute atomic E-state index is 6.17. The largest absolute Gasteiger partial charge is 0.454 e. The van der Waals surface area contributed by atoms with E-state index in [0.29, 0.717) is 18.9 Å². The Bertz CT molecular complexity index is 1020. The summed E-state index contributed by atoms with van der Waals surface area (Å²) in [4.78, 5) is 6.36. The van der Waals surface area contributed by atoms with E-state index in [2.05, 4.69) is 20.8 Å². The van der Waals surface area contributed by atoms with Crippen LogP contribution >= 0.6 is 0 Å². The van der Waals surface area contributed by atoms with E-state index >= 15 is 0 Å². The highest BCUT2D eigenvalue weighted by atomic mass is 16.7. The van der Waals surface area contributed by atoms with Gasteiger partial charge in [-0.05, 0) is 55.1 Å². The summed E-state index contributed by atoms with van der Waals surface area (Å²) in [5.41, 5.74) is 18.4. The molecule has 174 valence electrons. The third-order valence-electron chi connectivity index (χ3n) is 4.92. The van der Waals surface area contributed by atoms with Crippen LogP contribution in [0.15, 0.2) is 93.6 Å². The van der Waals surface area contributed by atoms with Gasteiger partial charge in [-0.2, -0.15) is 5.10 Å². The zero-order valence-electron chi connectivity index (χ0n) is 19.0. The number of allylic oxidation sites excluding steroid dienone is 5. The molecule has 0 radical (unpaired) electrons. The van der Waals surface area contributed by atoms with Gasteiger partial charge in [0.05, 0.1) is 5.69 Å². The summed E-state index contributed by atoms with van der Waals surface area (Å²) in [5.74, 6) is 1.91. The Kier molecular flexibility index (Phi) is 8.72. The number of aliphatic imine (C=N–C) groups is 1. The summed E-state index contributed by atoms with van der Waals surface area (Å²) in [5, 5.41) is 7.59.